The number of hydrogen-bond donors (Lipinski definition) is 1. The summed E-state index contributed by atoms with van der Waals surface area (Å²) in [7, 11) is 0. The van der Waals surface area contributed by atoms with Gasteiger partial charge in [-0.25, -0.2) is 0 Å². The minimum Gasteiger partial charge on any atom is -0.481 e. The highest BCUT2D eigenvalue weighted by Gasteiger charge is 2.47. The van der Waals surface area contributed by atoms with E-state index >= 15 is 0 Å². The number of nitrogens with zero attached hydrogens (tertiary/aromatic N) is 2. The molecular formula is C15H18N2O4. The molecule has 2 aliphatic carbocycles. The third kappa shape index (κ3) is 2.32. The van der Waals surface area contributed by atoms with Gasteiger partial charge < -0.3 is 14.5 Å². The van der Waals surface area contributed by atoms with Gasteiger partial charge in [-0.05, 0) is 37.5 Å². The summed E-state index contributed by atoms with van der Waals surface area (Å²) >= 11 is 0. The normalized spacial score (nSPS) is 28.9. The Morgan fingerprint density at radius 3 is 2.62 bits per heavy atom. The molecule has 0 aromatic carbocycles. The number of carboxylic acid groups (broad SMARTS) is 1. The fourth-order valence-corrected chi connectivity index (χ4v) is 3.38. The van der Waals surface area contributed by atoms with Gasteiger partial charge >= 0.3 is 5.97 Å². The summed E-state index contributed by atoms with van der Waals surface area (Å²) in [5.41, 5.74) is 0.853. The molecule has 3 fully saturated rings. The van der Waals surface area contributed by atoms with E-state index in [2.05, 4.69) is 5.16 Å². The van der Waals surface area contributed by atoms with Crippen LogP contribution in [0.4, 0.5) is 0 Å². The number of carbonyl (C=O) groups excluding carboxylic acids is 1. The molecule has 21 heavy (non-hydrogen) atoms. The van der Waals surface area contributed by atoms with Gasteiger partial charge in [0.1, 0.15) is 0 Å². The standard InChI is InChI=1S/C15H18N2O4/c18-14(13-5-12(16-21-13)9-3-4-9)17-6-10(8-1-2-8)11(7-17)15(19)20/h5,8-11H,1-4,6-7H2,(H,19,20)/t10-,11+/m1/s1. The molecule has 2 atom stereocenters. The molecule has 0 spiro atoms. The molecule has 2 saturated carbocycles. The molecule has 2 heterocycles. The maximum atomic E-state index is 12.5. The molecule has 0 bridgehead atoms. The third-order valence-electron chi connectivity index (χ3n) is 4.93. The van der Waals surface area contributed by atoms with Crippen LogP contribution in [-0.2, 0) is 4.79 Å². The number of rotatable bonds is 4. The lowest BCUT2D eigenvalue weighted by Gasteiger charge is -2.13. The molecule has 6 nitrogen and oxygen atoms in total. The van der Waals surface area contributed by atoms with Crippen LogP contribution in [0.2, 0.25) is 0 Å². The summed E-state index contributed by atoms with van der Waals surface area (Å²) < 4.78 is 5.16. The summed E-state index contributed by atoms with van der Waals surface area (Å²) in [6.45, 7) is 0.814. The van der Waals surface area contributed by atoms with Gasteiger partial charge in [-0.2, -0.15) is 0 Å². The van der Waals surface area contributed by atoms with Crippen LogP contribution < -0.4 is 0 Å². The Bertz CT molecular complexity index is 588. The fourth-order valence-electron chi connectivity index (χ4n) is 3.38. The molecule has 0 unspecified atom stereocenters. The molecule has 1 aliphatic heterocycles. The number of amides is 1. The Labute approximate surface area is 122 Å². The number of aromatic nitrogens is 1. The molecule has 1 aromatic heterocycles. The molecule has 0 radical (unpaired) electrons. The zero-order valence-electron chi connectivity index (χ0n) is 11.7. The number of carboxylic acids is 1. The van der Waals surface area contributed by atoms with Gasteiger partial charge in [-0.15, -0.1) is 0 Å². The average molecular weight is 290 g/mol. The predicted molar refractivity (Wildman–Crippen MR) is 71.7 cm³/mol. The van der Waals surface area contributed by atoms with E-state index in [1.807, 2.05) is 0 Å². The summed E-state index contributed by atoms with van der Waals surface area (Å²) in [5, 5.41) is 13.3. The Morgan fingerprint density at radius 1 is 1.24 bits per heavy atom. The third-order valence-corrected chi connectivity index (χ3v) is 4.93. The van der Waals surface area contributed by atoms with Crippen LogP contribution in [0.25, 0.3) is 0 Å². The lowest BCUT2D eigenvalue weighted by molar-refractivity contribution is -0.142. The van der Waals surface area contributed by atoms with Gasteiger partial charge in [-0.1, -0.05) is 5.16 Å². The quantitative estimate of drug-likeness (QED) is 0.913. The van der Waals surface area contributed by atoms with Crippen LogP contribution in [0.15, 0.2) is 10.6 Å². The molecule has 3 aliphatic rings. The Hall–Kier alpha value is -1.85. The van der Waals surface area contributed by atoms with Crippen molar-refractivity contribution >= 4 is 11.9 Å². The fraction of sp³-hybridized carbons (Fsp3) is 0.667. The molecule has 1 amide bonds. The largest absolute Gasteiger partial charge is 0.481 e. The van der Waals surface area contributed by atoms with Gasteiger partial charge in [0.2, 0.25) is 5.76 Å². The molecule has 1 aromatic rings. The molecule has 1 N–H and O–H groups in total. The van der Waals surface area contributed by atoms with E-state index in [0.717, 1.165) is 31.4 Å². The van der Waals surface area contributed by atoms with Crippen LogP contribution in [0.1, 0.15) is 47.8 Å². The zero-order valence-corrected chi connectivity index (χ0v) is 11.7. The number of hydrogen-bond acceptors (Lipinski definition) is 4. The molecular weight excluding hydrogens is 272 g/mol. The Balaban J connectivity index is 1.49. The monoisotopic (exact) mass is 290 g/mol. The highest BCUT2D eigenvalue weighted by molar-refractivity contribution is 5.92. The first-order chi connectivity index (χ1) is 10.1. The number of aliphatic carboxylic acids is 1. The van der Waals surface area contributed by atoms with E-state index in [1.165, 1.54) is 0 Å². The topological polar surface area (TPSA) is 83.6 Å². The van der Waals surface area contributed by atoms with Gasteiger partial charge in [0, 0.05) is 25.1 Å². The maximum Gasteiger partial charge on any atom is 0.308 e. The first-order valence-corrected chi connectivity index (χ1v) is 7.62. The van der Waals surface area contributed by atoms with E-state index in [-0.39, 0.29) is 24.1 Å². The SMILES string of the molecule is O=C(O)[C@H]1CN(C(=O)c2cc(C3CC3)no2)C[C@@H]1C1CC1. The van der Waals surface area contributed by atoms with Gasteiger partial charge in [-0.3, -0.25) is 9.59 Å². The number of carbonyl (C=O) groups is 2. The van der Waals surface area contributed by atoms with Crippen LogP contribution in [0, 0.1) is 17.8 Å². The van der Waals surface area contributed by atoms with Crippen molar-refractivity contribution in [3.8, 4) is 0 Å². The lowest BCUT2D eigenvalue weighted by Crippen LogP contribution is -2.29. The molecule has 112 valence electrons. The van der Waals surface area contributed by atoms with Crippen molar-refractivity contribution in [1.82, 2.24) is 10.1 Å². The van der Waals surface area contributed by atoms with Crippen molar-refractivity contribution in [1.29, 1.82) is 0 Å². The van der Waals surface area contributed by atoms with Gasteiger partial charge in [0.05, 0.1) is 11.6 Å². The van der Waals surface area contributed by atoms with Crippen LogP contribution in [-0.4, -0.2) is 40.1 Å². The van der Waals surface area contributed by atoms with Crippen molar-refractivity contribution < 1.29 is 19.2 Å². The van der Waals surface area contributed by atoms with E-state index in [0.29, 0.717) is 18.4 Å². The highest BCUT2D eigenvalue weighted by atomic mass is 16.5. The summed E-state index contributed by atoms with van der Waals surface area (Å²) in [6, 6.07) is 1.72. The first kappa shape index (κ1) is 12.9. The van der Waals surface area contributed by atoms with Gasteiger partial charge in [0.25, 0.3) is 5.91 Å². The van der Waals surface area contributed by atoms with E-state index in [1.54, 1.807) is 11.0 Å². The predicted octanol–water partition coefficient (Wildman–Crippen LogP) is 1.73. The second kappa shape index (κ2) is 4.58. The summed E-state index contributed by atoms with van der Waals surface area (Å²) in [5.74, 6) is -0.190. The second-order valence-corrected chi connectivity index (χ2v) is 6.55. The summed E-state index contributed by atoms with van der Waals surface area (Å²) in [4.78, 5) is 25.5. The second-order valence-electron chi connectivity index (χ2n) is 6.55. The summed E-state index contributed by atoms with van der Waals surface area (Å²) in [6.07, 6.45) is 4.39. The molecule has 4 rings (SSSR count). The molecule has 1 saturated heterocycles. The van der Waals surface area contributed by atoms with E-state index < -0.39 is 11.9 Å². The van der Waals surface area contributed by atoms with Crippen molar-refractivity contribution in [2.45, 2.75) is 31.6 Å². The minimum atomic E-state index is -0.793. The zero-order chi connectivity index (χ0) is 14.6. The van der Waals surface area contributed by atoms with Crippen molar-refractivity contribution in [2.75, 3.05) is 13.1 Å². The van der Waals surface area contributed by atoms with Crippen molar-refractivity contribution in [3.63, 3.8) is 0 Å². The van der Waals surface area contributed by atoms with Crippen LogP contribution in [0.3, 0.4) is 0 Å². The van der Waals surface area contributed by atoms with E-state index in [9.17, 15) is 14.7 Å². The Kier molecular flexibility index (Phi) is 2.80. The maximum absolute atomic E-state index is 12.5. The lowest BCUT2D eigenvalue weighted by atomic mass is 9.92. The highest BCUT2D eigenvalue weighted by Crippen LogP contribution is 2.44. The smallest absolute Gasteiger partial charge is 0.308 e. The molecule has 6 heteroatoms. The minimum absolute atomic E-state index is 0.0947. The number of likely N-dealkylation sites (tertiary alicyclic amines) is 1. The first-order valence-electron chi connectivity index (χ1n) is 7.62. The Morgan fingerprint density at radius 2 is 2.00 bits per heavy atom. The van der Waals surface area contributed by atoms with Crippen molar-refractivity contribution in [3.05, 3.63) is 17.5 Å². The van der Waals surface area contributed by atoms with Gasteiger partial charge in [0.15, 0.2) is 0 Å². The van der Waals surface area contributed by atoms with Crippen LogP contribution in [0.5, 0.6) is 0 Å². The average Bonchev–Trinajstić information content (AvgIpc) is 3.40. The van der Waals surface area contributed by atoms with Crippen molar-refractivity contribution in [2.24, 2.45) is 17.8 Å². The van der Waals surface area contributed by atoms with Crippen LogP contribution >= 0.6 is 0 Å². The van der Waals surface area contributed by atoms with E-state index in [4.69, 9.17) is 4.52 Å².